The highest BCUT2D eigenvalue weighted by molar-refractivity contribution is 7.11. The van der Waals surface area contributed by atoms with Crippen LogP contribution in [0.4, 0.5) is 4.39 Å². The van der Waals surface area contributed by atoms with Crippen LogP contribution in [0, 0.1) is 19.7 Å². The van der Waals surface area contributed by atoms with Gasteiger partial charge in [0.1, 0.15) is 10.8 Å². The molecule has 0 saturated carbocycles. The third kappa shape index (κ3) is 2.44. The molecular formula is C14H17FN2S. The first kappa shape index (κ1) is 13.2. The fraction of sp³-hybridized carbons (Fsp3) is 0.357. The molecule has 1 aromatic carbocycles. The van der Waals surface area contributed by atoms with E-state index in [1.54, 1.807) is 17.4 Å². The number of halogens is 1. The lowest BCUT2D eigenvalue weighted by Crippen LogP contribution is -2.13. The highest BCUT2D eigenvalue weighted by Gasteiger charge is 2.17. The molecule has 1 heterocycles. The molecule has 1 aromatic heterocycles. The van der Waals surface area contributed by atoms with E-state index in [2.05, 4.69) is 11.9 Å². The Morgan fingerprint density at radius 2 is 2.11 bits per heavy atom. The summed E-state index contributed by atoms with van der Waals surface area (Å²) in [5.74, 6) is -0.255. The zero-order valence-corrected chi connectivity index (χ0v) is 11.6. The number of thiazole rings is 1. The van der Waals surface area contributed by atoms with Gasteiger partial charge in [-0.05, 0) is 43.5 Å². The van der Waals surface area contributed by atoms with Crippen molar-refractivity contribution in [2.45, 2.75) is 33.2 Å². The summed E-state index contributed by atoms with van der Waals surface area (Å²) >= 11 is 1.60. The van der Waals surface area contributed by atoms with Crippen molar-refractivity contribution < 1.29 is 4.39 Å². The predicted molar refractivity (Wildman–Crippen MR) is 73.4 cm³/mol. The lowest BCUT2D eigenvalue weighted by molar-refractivity contribution is 0.622. The molecule has 1 unspecified atom stereocenters. The van der Waals surface area contributed by atoms with Crippen LogP contribution in [0.25, 0.3) is 0 Å². The maximum atomic E-state index is 13.3. The van der Waals surface area contributed by atoms with Gasteiger partial charge in [-0.15, -0.1) is 11.3 Å². The molecule has 0 aliphatic heterocycles. The van der Waals surface area contributed by atoms with Crippen LogP contribution in [0.5, 0.6) is 0 Å². The number of hydrogen-bond acceptors (Lipinski definition) is 3. The van der Waals surface area contributed by atoms with E-state index in [4.69, 9.17) is 5.73 Å². The van der Waals surface area contributed by atoms with Crippen LogP contribution >= 0.6 is 11.3 Å². The van der Waals surface area contributed by atoms with E-state index < -0.39 is 0 Å². The monoisotopic (exact) mass is 264 g/mol. The molecule has 0 bridgehead atoms. The molecule has 2 N–H and O–H groups in total. The van der Waals surface area contributed by atoms with E-state index in [0.29, 0.717) is 0 Å². The van der Waals surface area contributed by atoms with Crippen molar-refractivity contribution in [1.29, 1.82) is 0 Å². The third-order valence-corrected chi connectivity index (χ3v) is 4.18. The van der Waals surface area contributed by atoms with Gasteiger partial charge in [0.25, 0.3) is 0 Å². The van der Waals surface area contributed by atoms with Gasteiger partial charge in [-0.2, -0.15) is 0 Å². The number of nitrogens with two attached hydrogens (primary N) is 1. The van der Waals surface area contributed by atoms with Crippen molar-refractivity contribution in [3.8, 4) is 0 Å². The molecule has 0 aliphatic carbocycles. The van der Waals surface area contributed by atoms with Crippen LogP contribution in [-0.4, -0.2) is 4.98 Å². The number of aromatic nitrogens is 1. The van der Waals surface area contributed by atoms with Crippen molar-refractivity contribution in [3.05, 3.63) is 50.7 Å². The lowest BCUT2D eigenvalue weighted by Gasteiger charge is -2.12. The Morgan fingerprint density at radius 3 is 2.72 bits per heavy atom. The Labute approximate surface area is 111 Å². The summed E-state index contributed by atoms with van der Waals surface area (Å²) in [6, 6.07) is 4.37. The Bertz CT molecular complexity index is 563. The minimum Gasteiger partial charge on any atom is -0.318 e. The second kappa shape index (κ2) is 5.16. The van der Waals surface area contributed by atoms with Crippen LogP contribution < -0.4 is 5.73 Å². The molecule has 4 heteroatoms. The van der Waals surface area contributed by atoms with Crippen molar-refractivity contribution >= 4 is 11.3 Å². The van der Waals surface area contributed by atoms with E-state index in [-0.39, 0.29) is 11.9 Å². The Balaban J connectivity index is 2.40. The van der Waals surface area contributed by atoms with Gasteiger partial charge in [0.15, 0.2) is 0 Å². The van der Waals surface area contributed by atoms with Crippen LogP contribution in [-0.2, 0) is 6.42 Å². The molecule has 0 saturated heterocycles. The molecule has 2 aromatic rings. The number of aryl methyl sites for hydroxylation is 3. The van der Waals surface area contributed by atoms with Gasteiger partial charge in [0, 0.05) is 4.88 Å². The van der Waals surface area contributed by atoms with Crippen molar-refractivity contribution in [1.82, 2.24) is 4.98 Å². The topological polar surface area (TPSA) is 38.9 Å². The first-order valence-corrected chi connectivity index (χ1v) is 6.82. The molecule has 96 valence electrons. The van der Waals surface area contributed by atoms with Crippen molar-refractivity contribution in [2.75, 3.05) is 0 Å². The van der Waals surface area contributed by atoms with Gasteiger partial charge in [-0.1, -0.05) is 13.0 Å². The van der Waals surface area contributed by atoms with Crippen molar-refractivity contribution in [3.63, 3.8) is 0 Å². The SMILES string of the molecule is CCc1nc(C(N)c2cc(F)ccc2C)sc1C. The molecule has 0 amide bonds. The van der Waals surface area contributed by atoms with Crippen LogP contribution in [0.15, 0.2) is 18.2 Å². The highest BCUT2D eigenvalue weighted by Crippen LogP contribution is 2.28. The maximum absolute atomic E-state index is 13.3. The van der Waals surface area contributed by atoms with Gasteiger partial charge >= 0.3 is 0 Å². The third-order valence-electron chi connectivity index (χ3n) is 3.09. The van der Waals surface area contributed by atoms with Crippen LogP contribution in [0.1, 0.15) is 39.7 Å². The van der Waals surface area contributed by atoms with Gasteiger partial charge in [-0.3, -0.25) is 0 Å². The minimum absolute atomic E-state index is 0.255. The molecule has 0 radical (unpaired) electrons. The first-order valence-electron chi connectivity index (χ1n) is 6.00. The Morgan fingerprint density at radius 1 is 1.39 bits per heavy atom. The van der Waals surface area contributed by atoms with E-state index in [1.165, 1.54) is 17.0 Å². The van der Waals surface area contributed by atoms with E-state index >= 15 is 0 Å². The van der Waals surface area contributed by atoms with E-state index in [9.17, 15) is 4.39 Å². The standard InChI is InChI=1S/C14H17FN2S/c1-4-12-9(3)18-14(17-12)13(16)11-7-10(15)6-5-8(11)2/h5-7,13H,4,16H2,1-3H3. The summed E-state index contributed by atoms with van der Waals surface area (Å²) in [5.41, 5.74) is 9.09. The number of nitrogens with zero attached hydrogens (tertiary/aromatic N) is 1. The fourth-order valence-electron chi connectivity index (χ4n) is 1.99. The summed E-state index contributed by atoms with van der Waals surface area (Å²) in [6.07, 6.45) is 0.900. The number of rotatable bonds is 3. The smallest absolute Gasteiger partial charge is 0.123 e. The molecule has 2 rings (SSSR count). The number of benzene rings is 1. The molecule has 2 nitrogen and oxygen atoms in total. The predicted octanol–water partition coefficient (Wildman–Crippen LogP) is 3.51. The van der Waals surface area contributed by atoms with E-state index in [0.717, 1.165) is 28.2 Å². The van der Waals surface area contributed by atoms with Gasteiger partial charge in [0.05, 0.1) is 11.7 Å². The highest BCUT2D eigenvalue weighted by atomic mass is 32.1. The lowest BCUT2D eigenvalue weighted by atomic mass is 10.0. The van der Waals surface area contributed by atoms with Gasteiger partial charge in [-0.25, -0.2) is 9.37 Å². The van der Waals surface area contributed by atoms with E-state index in [1.807, 2.05) is 13.8 Å². The molecule has 18 heavy (non-hydrogen) atoms. The summed E-state index contributed by atoms with van der Waals surface area (Å²) in [6.45, 7) is 6.06. The second-order valence-electron chi connectivity index (χ2n) is 4.39. The van der Waals surface area contributed by atoms with Gasteiger partial charge < -0.3 is 5.73 Å². The maximum Gasteiger partial charge on any atom is 0.123 e. The quantitative estimate of drug-likeness (QED) is 0.921. The molecule has 0 spiro atoms. The van der Waals surface area contributed by atoms with Crippen molar-refractivity contribution in [2.24, 2.45) is 5.73 Å². The molecule has 0 fully saturated rings. The first-order chi connectivity index (χ1) is 8.52. The number of hydrogen-bond donors (Lipinski definition) is 1. The molecule has 1 atom stereocenters. The average molecular weight is 264 g/mol. The fourth-order valence-corrected chi connectivity index (χ4v) is 3.02. The molecular weight excluding hydrogens is 247 g/mol. The summed E-state index contributed by atoms with van der Waals surface area (Å²) in [5, 5.41) is 0.859. The van der Waals surface area contributed by atoms with Crippen LogP contribution in [0.3, 0.4) is 0 Å². The normalized spacial score (nSPS) is 12.7. The second-order valence-corrected chi connectivity index (χ2v) is 5.62. The largest absolute Gasteiger partial charge is 0.318 e. The van der Waals surface area contributed by atoms with Crippen LogP contribution in [0.2, 0.25) is 0 Å². The van der Waals surface area contributed by atoms with Gasteiger partial charge in [0.2, 0.25) is 0 Å². The summed E-state index contributed by atoms with van der Waals surface area (Å²) in [4.78, 5) is 5.74. The Hall–Kier alpha value is -1.26. The minimum atomic E-state index is -0.343. The average Bonchev–Trinajstić information content (AvgIpc) is 2.73. The Kier molecular flexibility index (Phi) is 3.78. The molecule has 0 aliphatic rings. The summed E-state index contributed by atoms with van der Waals surface area (Å²) < 4.78 is 13.3. The summed E-state index contributed by atoms with van der Waals surface area (Å²) in [7, 11) is 0. The zero-order valence-electron chi connectivity index (χ0n) is 10.8. The zero-order chi connectivity index (χ0) is 13.3.